The molecular formula is C15H14O3. The van der Waals surface area contributed by atoms with Crippen molar-refractivity contribution in [2.75, 3.05) is 7.11 Å². The van der Waals surface area contributed by atoms with E-state index in [1.165, 1.54) is 12.7 Å². The van der Waals surface area contributed by atoms with Crippen molar-refractivity contribution in [2.24, 2.45) is 0 Å². The van der Waals surface area contributed by atoms with Gasteiger partial charge in [-0.15, -0.1) is 0 Å². The maximum absolute atomic E-state index is 10.9. The molecule has 0 fully saturated rings. The summed E-state index contributed by atoms with van der Waals surface area (Å²) < 4.78 is 9.33. The maximum Gasteiger partial charge on any atom is 0.513 e. The van der Waals surface area contributed by atoms with E-state index in [4.69, 9.17) is 4.74 Å². The fourth-order valence-electron chi connectivity index (χ4n) is 1.60. The molecule has 0 saturated carbocycles. The molecule has 3 heteroatoms. The third kappa shape index (κ3) is 2.88. The molecule has 0 aliphatic rings. The van der Waals surface area contributed by atoms with Crippen molar-refractivity contribution in [3.05, 3.63) is 54.1 Å². The van der Waals surface area contributed by atoms with Gasteiger partial charge in [-0.3, -0.25) is 0 Å². The molecule has 2 aromatic rings. The molecule has 0 N–H and O–H groups in total. The number of carbonyl (C=O) groups is 1. The standard InChI is InChI=1S/C15H14O3/c1-11-3-5-12(6-4-11)13-7-9-14(10-8-13)18-15(16)17-2/h3-10H,1-2H3. The lowest BCUT2D eigenvalue weighted by molar-refractivity contribution is 0.121. The zero-order valence-electron chi connectivity index (χ0n) is 10.3. The molecular weight excluding hydrogens is 228 g/mol. The molecule has 92 valence electrons. The van der Waals surface area contributed by atoms with Crippen LogP contribution >= 0.6 is 0 Å². The van der Waals surface area contributed by atoms with Gasteiger partial charge in [0.1, 0.15) is 5.75 Å². The quantitative estimate of drug-likeness (QED) is 0.593. The lowest BCUT2D eigenvalue weighted by atomic mass is 10.0. The third-order valence-electron chi connectivity index (χ3n) is 2.61. The Morgan fingerprint density at radius 3 is 1.89 bits per heavy atom. The molecule has 0 saturated heterocycles. The molecule has 0 heterocycles. The van der Waals surface area contributed by atoms with Crippen molar-refractivity contribution in [1.82, 2.24) is 0 Å². The number of aryl methyl sites for hydroxylation is 1. The summed E-state index contributed by atoms with van der Waals surface area (Å²) in [5.41, 5.74) is 3.43. The number of hydrogen-bond acceptors (Lipinski definition) is 3. The average Bonchev–Trinajstić information content (AvgIpc) is 2.40. The molecule has 0 spiro atoms. The second kappa shape index (κ2) is 5.36. The van der Waals surface area contributed by atoms with Crippen LogP contribution < -0.4 is 4.74 Å². The third-order valence-corrected chi connectivity index (χ3v) is 2.61. The van der Waals surface area contributed by atoms with Crippen molar-refractivity contribution in [1.29, 1.82) is 0 Å². The van der Waals surface area contributed by atoms with Crippen LogP contribution in [0.5, 0.6) is 5.75 Å². The highest BCUT2D eigenvalue weighted by atomic mass is 16.7. The molecule has 0 unspecified atom stereocenters. The number of hydrogen-bond donors (Lipinski definition) is 0. The Labute approximate surface area is 106 Å². The SMILES string of the molecule is COC(=O)Oc1ccc(-c2ccc(C)cc2)cc1. The smallest absolute Gasteiger partial charge is 0.437 e. The molecule has 0 radical (unpaired) electrons. The summed E-state index contributed by atoms with van der Waals surface area (Å²) >= 11 is 0. The number of rotatable bonds is 2. The summed E-state index contributed by atoms with van der Waals surface area (Å²) in [5.74, 6) is 0.470. The van der Waals surface area contributed by atoms with Crippen LogP contribution in [0.25, 0.3) is 11.1 Å². The van der Waals surface area contributed by atoms with Gasteiger partial charge in [0.25, 0.3) is 0 Å². The van der Waals surface area contributed by atoms with Gasteiger partial charge in [0.15, 0.2) is 0 Å². The summed E-state index contributed by atoms with van der Waals surface area (Å²) in [6.45, 7) is 2.05. The Kier molecular flexibility index (Phi) is 3.63. The Bertz CT molecular complexity index is 527. The zero-order chi connectivity index (χ0) is 13.0. The largest absolute Gasteiger partial charge is 0.513 e. The van der Waals surface area contributed by atoms with Crippen LogP contribution in [0.1, 0.15) is 5.56 Å². The predicted octanol–water partition coefficient (Wildman–Crippen LogP) is 3.81. The first-order valence-corrected chi connectivity index (χ1v) is 5.62. The molecule has 2 rings (SSSR count). The average molecular weight is 242 g/mol. The monoisotopic (exact) mass is 242 g/mol. The van der Waals surface area contributed by atoms with E-state index in [9.17, 15) is 4.79 Å². The lowest BCUT2D eigenvalue weighted by Gasteiger charge is -2.05. The maximum atomic E-state index is 10.9. The molecule has 0 aliphatic heterocycles. The van der Waals surface area contributed by atoms with Crippen LogP contribution in [-0.2, 0) is 4.74 Å². The Morgan fingerprint density at radius 1 is 0.889 bits per heavy atom. The molecule has 0 atom stereocenters. The van der Waals surface area contributed by atoms with Crippen LogP contribution in [-0.4, -0.2) is 13.3 Å². The van der Waals surface area contributed by atoms with Gasteiger partial charge in [-0.25, -0.2) is 4.79 Å². The van der Waals surface area contributed by atoms with Gasteiger partial charge in [0.2, 0.25) is 0 Å². The van der Waals surface area contributed by atoms with E-state index in [-0.39, 0.29) is 0 Å². The summed E-state index contributed by atoms with van der Waals surface area (Å²) in [4.78, 5) is 10.9. The number of carbonyl (C=O) groups excluding carboxylic acids is 1. The van der Waals surface area contributed by atoms with E-state index >= 15 is 0 Å². The van der Waals surface area contributed by atoms with Gasteiger partial charge in [0, 0.05) is 0 Å². The van der Waals surface area contributed by atoms with Crippen LogP contribution in [0, 0.1) is 6.92 Å². The Balaban J connectivity index is 2.17. The Hall–Kier alpha value is -2.29. The van der Waals surface area contributed by atoms with E-state index in [0.717, 1.165) is 11.1 Å². The molecule has 0 aromatic heterocycles. The van der Waals surface area contributed by atoms with Crippen molar-refractivity contribution in [3.63, 3.8) is 0 Å². The molecule has 2 aromatic carbocycles. The van der Waals surface area contributed by atoms with E-state index in [1.54, 1.807) is 12.1 Å². The highest BCUT2D eigenvalue weighted by Gasteiger charge is 2.03. The molecule has 0 aliphatic carbocycles. The molecule has 0 bridgehead atoms. The first-order valence-electron chi connectivity index (χ1n) is 5.62. The number of ether oxygens (including phenoxy) is 2. The van der Waals surface area contributed by atoms with Gasteiger partial charge >= 0.3 is 6.16 Å². The van der Waals surface area contributed by atoms with Crippen molar-refractivity contribution in [2.45, 2.75) is 6.92 Å². The van der Waals surface area contributed by atoms with Crippen LogP contribution in [0.4, 0.5) is 4.79 Å². The van der Waals surface area contributed by atoms with E-state index < -0.39 is 6.16 Å². The summed E-state index contributed by atoms with van der Waals surface area (Å²) in [5, 5.41) is 0. The number of benzene rings is 2. The topological polar surface area (TPSA) is 35.5 Å². The lowest BCUT2D eigenvalue weighted by Crippen LogP contribution is -2.06. The fourth-order valence-corrected chi connectivity index (χ4v) is 1.60. The van der Waals surface area contributed by atoms with E-state index in [2.05, 4.69) is 35.9 Å². The summed E-state index contributed by atoms with van der Waals surface area (Å²) in [6, 6.07) is 15.5. The van der Waals surface area contributed by atoms with Crippen LogP contribution in [0.3, 0.4) is 0 Å². The van der Waals surface area contributed by atoms with E-state index in [1.807, 2.05) is 12.1 Å². The van der Waals surface area contributed by atoms with Crippen molar-refractivity contribution >= 4 is 6.16 Å². The highest BCUT2D eigenvalue weighted by Crippen LogP contribution is 2.22. The minimum absolute atomic E-state index is 0.470. The second-order valence-electron chi connectivity index (χ2n) is 3.95. The number of methoxy groups -OCH3 is 1. The van der Waals surface area contributed by atoms with E-state index in [0.29, 0.717) is 5.75 Å². The first kappa shape index (κ1) is 12.2. The summed E-state index contributed by atoms with van der Waals surface area (Å²) in [7, 11) is 1.28. The second-order valence-corrected chi connectivity index (χ2v) is 3.95. The van der Waals surface area contributed by atoms with Crippen LogP contribution in [0.15, 0.2) is 48.5 Å². The van der Waals surface area contributed by atoms with Gasteiger partial charge in [-0.1, -0.05) is 42.0 Å². The minimum Gasteiger partial charge on any atom is -0.437 e. The summed E-state index contributed by atoms with van der Waals surface area (Å²) in [6.07, 6.45) is -0.710. The molecule has 3 nitrogen and oxygen atoms in total. The minimum atomic E-state index is -0.710. The van der Waals surface area contributed by atoms with Gasteiger partial charge in [-0.05, 0) is 30.2 Å². The fraction of sp³-hybridized carbons (Fsp3) is 0.133. The normalized spacial score (nSPS) is 9.89. The van der Waals surface area contributed by atoms with Crippen molar-refractivity contribution in [3.8, 4) is 16.9 Å². The first-order chi connectivity index (χ1) is 8.69. The van der Waals surface area contributed by atoms with Crippen LogP contribution in [0.2, 0.25) is 0 Å². The zero-order valence-corrected chi connectivity index (χ0v) is 10.3. The van der Waals surface area contributed by atoms with Gasteiger partial charge in [0.05, 0.1) is 7.11 Å². The Morgan fingerprint density at radius 2 is 1.39 bits per heavy atom. The van der Waals surface area contributed by atoms with Gasteiger partial charge in [-0.2, -0.15) is 0 Å². The molecule has 18 heavy (non-hydrogen) atoms. The van der Waals surface area contributed by atoms with Crippen molar-refractivity contribution < 1.29 is 14.3 Å². The van der Waals surface area contributed by atoms with Gasteiger partial charge < -0.3 is 9.47 Å². The highest BCUT2D eigenvalue weighted by molar-refractivity contribution is 5.67. The molecule has 0 amide bonds. The predicted molar refractivity (Wildman–Crippen MR) is 69.6 cm³/mol.